The topological polar surface area (TPSA) is 53.6 Å². The molecule has 2 N–H and O–H groups in total. The minimum Gasteiger partial charge on any atom is -0.385 e. The second kappa shape index (κ2) is 8.51. The van der Waals surface area contributed by atoms with E-state index < -0.39 is 0 Å². The summed E-state index contributed by atoms with van der Waals surface area (Å²) in [6.45, 7) is 7.34. The van der Waals surface area contributed by atoms with Gasteiger partial charge in [0.25, 0.3) is 0 Å². The number of amides is 1. The van der Waals surface area contributed by atoms with Crippen molar-refractivity contribution in [1.82, 2.24) is 15.5 Å². The molecule has 112 valence electrons. The molecule has 5 nitrogen and oxygen atoms in total. The molecule has 19 heavy (non-hydrogen) atoms. The summed E-state index contributed by atoms with van der Waals surface area (Å²) in [4.78, 5) is 13.9. The Morgan fingerprint density at radius 1 is 1.37 bits per heavy atom. The van der Waals surface area contributed by atoms with Gasteiger partial charge in [0.1, 0.15) is 0 Å². The molecule has 1 aliphatic rings. The minimum absolute atomic E-state index is 0.0765. The van der Waals surface area contributed by atoms with Gasteiger partial charge < -0.3 is 20.3 Å². The third-order valence-electron chi connectivity index (χ3n) is 3.88. The van der Waals surface area contributed by atoms with E-state index in [1.807, 2.05) is 0 Å². The predicted octanol–water partition coefficient (Wildman–Crippen LogP) is 0.461. The van der Waals surface area contributed by atoms with Crippen LogP contribution in [0, 0.1) is 5.41 Å². The maximum absolute atomic E-state index is 11.6. The maximum Gasteiger partial charge on any atom is 0.233 e. The van der Waals surface area contributed by atoms with E-state index in [0.717, 1.165) is 26.1 Å². The van der Waals surface area contributed by atoms with E-state index in [-0.39, 0.29) is 5.91 Å². The fourth-order valence-corrected chi connectivity index (χ4v) is 2.32. The monoisotopic (exact) mass is 271 g/mol. The smallest absolute Gasteiger partial charge is 0.233 e. The van der Waals surface area contributed by atoms with Crippen molar-refractivity contribution in [1.29, 1.82) is 0 Å². The predicted molar refractivity (Wildman–Crippen MR) is 77.2 cm³/mol. The summed E-state index contributed by atoms with van der Waals surface area (Å²) in [5.41, 5.74) is 0.336. The molecule has 0 aliphatic carbocycles. The van der Waals surface area contributed by atoms with Crippen LogP contribution < -0.4 is 10.6 Å². The first-order valence-electron chi connectivity index (χ1n) is 7.21. The number of methoxy groups -OCH3 is 1. The summed E-state index contributed by atoms with van der Waals surface area (Å²) >= 11 is 0. The van der Waals surface area contributed by atoms with Crippen LogP contribution in [0.5, 0.6) is 0 Å². The molecule has 0 saturated carbocycles. The highest BCUT2D eigenvalue weighted by Gasteiger charge is 2.28. The molecule has 5 heteroatoms. The summed E-state index contributed by atoms with van der Waals surface area (Å²) in [7, 11) is 3.84. The molecule has 1 fully saturated rings. The Morgan fingerprint density at radius 2 is 2.05 bits per heavy atom. The van der Waals surface area contributed by atoms with E-state index in [2.05, 4.69) is 29.5 Å². The molecule has 0 bridgehead atoms. The van der Waals surface area contributed by atoms with Crippen LogP contribution in [0.15, 0.2) is 0 Å². The number of likely N-dealkylation sites (tertiary alicyclic amines) is 1. The van der Waals surface area contributed by atoms with Crippen LogP contribution in [0.2, 0.25) is 0 Å². The van der Waals surface area contributed by atoms with Gasteiger partial charge in [-0.05, 0) is 44.8 Å². The molecule has 1 amide bonds. The third-order valence-corrected chi connectivity index (χ3v) is 3.88. The van der Waals surface area contributed by atoms with Gasteiger partial charge in [0.05, 0.1) is 6.54 Å². The van der Waals surface area contributed by atoms with Gasteiger partial charge in [-0.1, -0.05) is 6.92 Å². The Balaban J connectivity index is 2.07. The highest BCUT2D eigenvalue weighted by molar-refractivity contribution is 5.77. The molecule has 1 saturated heterocycles. The number of hydrogen-bond acceptors (Lipinski definition) is 4. The fraction of sp³-hybridized carbons (Fsp3) is 0.929. The van der Waals surface area contributed by atoms with Crippen LogP contribution in [0.3, 0.4) is 0 Å². The molecule has 1 heterocycles. The molecule has 0 unspecified atom stereocenters. The largest absolute Gasteiger partial charge is 0.385 e. The SMILES string of the molecule is COCCCNC(=O)CNCC1(C)CCN(C)CC1. The number of hydrogen-bond donors (Lipinski definition) is 2. The molecule has 0 aromatic rings. The highest BCUT2D eigenvalue weighted by atomic mass is 16.5. The van der Waals surface area contributed by atoms with Crippen LogP contribution in [-0.2, 0) is 9.53 Å². The lowest BCUT2D eigenvalue weighted by Crippen LogP contribution is -2.44. The first kappa shape index (κ1) is 16.4. The zero-order chi connectivity index (χ0) is 14.1. The zero-order valence-corrected chi connectivity index (χ0v) is 12.6. The molecular weight excluding hydrogens is 242 g/mol. The van der Waals surface area contributed by atoms with E-state index in [1.54, 1.807) is 7.11 Å². The Morgan fingerprint density at radius 3 is 2.68 bits per heavy atom. The van der Waals surface area contributed by atoms with Crippen molar-refractivity contribution < 1.29 is 9.53 Å². The zero-order valence-electron chi connectivity index (χ0n) is 12.6. The van der Waals surface area contributed by atoms with E-state index >= 15 is 0 Å². The normalized spacial score (nSPS) is 19.3. The van der Waals surface area contributed by atoms with Crippen molar-refractivity contribution >= 4 is 5.91 Å². The van der Waals surface area contributed by atoms with Gasteiger partial charge >= 0.3 is 0 Å². The second-order valence-corrected chi connectivity index (χ2v) is 5.91. The molecule has 1 rings (SSSR count). The number of piperidine rings is 1. The van der Waals surface area contributed by atoms with E-state index in [1.165, 1.54) is 12.8 Å². The molecular formula is C14H29N3O2. The Bertz CT molecular complexity index is 263. The van der Waals surface area contributed by atoms with Crippen LogP contribution in [0.4, 0.5) is 0 Å². The number of nitrogens with one attached hydrogen (secondary N) is 2. The summed E-state index contributed by atoms with van der Waals surface area (Å²) in [5.74, 6) is 0.0765. The average Bonchev–Trinajstić information content (AvgIpc) is 2.39. The van der Waals surface area contributed by atoms with Crippen LogP contribution in [0.25, 0.3) is 0 Å². The fourth-order valence-electron chi connectivity index (χ4n) is 2.32. The summed E-state index contributed by atoms with van der Waals surface area (Å²) in [6, 6.07) is 0. The highest BCUT2D eigenvalue weighted by Crippen LogP contribution is 2.29. The van der Waals surface area contributed by atoms with Crippen molar-refractivity contribution in [2.24, 2.45) is 5.41 Å². The molecule has 0 aromatic heterocycles. The lowest BCUT2D eigenvalue weighted by Gasteiger charge is -2.38. The van der Waals surface area contributed by atoms with Crippen molar-refractivity contribution in [3.63, 3.8) is 0 Å². The number of rotatable bonds is 8. The van der Waals surface area contributed by atoms with Crippen LogP contribution in [-0.4, -0.2) is 64.3 Å². The van der Waals surface area contributed by atoms with Gasteiger partial charge in [0.2, 0.25) is 5.91 Å². The van der Waals surface area contributed by atoms with Gasteiger partial charge in [0.15, 0.2) is 0 Å². The van der Waals surface area contributed by atoms with Gasteiger partial charge in [-0.15, -0.1) is 0 Å². The summed E-state index contributed by atoms with van der Waals surface area (Å²) < 4.78 is 4.94. The van der Waals surface area contributed by atoms with Crippen LogP contribution >= 0.6 is 0 Å². The van der Waals surface area contributed by atoms with Gasteiger partial charge in [0, 0.05) is 26.8 Å². The van der Waals surface area contributed by atoms with E-state index in [4.69, 9.17) is 4.74 Å². The van der Waals surface area contributed by atoms with E-state index in [0.29, 0.717) is 25.1 Å². The Kier molecular flexibility index (Phi) is 7.34. The number of carbonyl (C=O) groups excluding carboxylic acids is 1. The van der Waals surface area contributed by atoms with Crippen molar-refractivity contribution in [3.05, 3.63) is 0 Å². The van der Waals surface area contributed by atoms with Gasteiger partial charge in [-0.3, -0.25) is 4.79 Å². The first-order valence-corrected chi connectivity index (χ1v) is 7.21. The molecule has 0 aromatic carbocycles. The first-order chi connectivity index (χ1) is 9.06. The molecule has 0 atom stereocenters. The van der Waals surface area contributed by atoms with Crippen molar-refractivity contribution in [2.75, 3.05) is 53.5 Å². The lowest BCUT2D eigenvalue weighted by atomic mass is 9.80. The minimum atomic E-state index is 0.0765. The van der Waals surface area contributed by atoms with Gasteiger partial charge in [-0.2, -0.15) is 0 Å². The van der Waals surface area contributed by atoms with Crippen molar-refractivity contribution in [3.8, 4) is 0 Å². The quantitative estimate of drug-likeness (QED) is 0.630. The Labute approximate surface area is 117 Å². The number of ether oxygens (including phenoxy) is 1. The molecule has 0 radical (unpaired) electrons. The number of carbonyl (C=O) groups is 1. The number of nitrogens with zero attached hydrogens (tertiary/aromatic N) is 1. The standard InChI is InChI=1S/C14H29N3O2/c1-14(5-8-17(2)9-6-14)12-15-11-13(18)16-7-4-10-19-3/h15H,4-12H2,1-3H3,(H,16,18). The van der Waals surface area contributed by atoms with Crippen LogP contribution in [0.1, 0.15) is 26.2 Å². The molecule has 1 aliphatic heterocycles. The van der Waals surface area contributed by atoms with Gasteiger partial charge in [-0.25, -0.2) is 0 Å². The summed E-state index contributed by atoms with van der Waals surface area (Å²) in [5, 5.41) is 6.17. The third kappa shape index (κ3) is 6.89. The lowest BCUT2D eigenvalue weighted by molar-refractivity contribution is -0.120. The maximum atomic E-state index is 11.6. The molecule has 0 spiro atoms. The van der Waals surface area contributed by atoms with Crippen molar-refractivity contribution in [2.45, 2.75) is 26.2 Å². The average molecular weight is 271 g/mol. The Hall–Kier alpha value is -0.650. The second-order valence-electron chi connectivity index (χ2n) is 5.91. The summed E-state index contributed by atoms with van der Waals surface area (Å²) in [6.07, 6.45) is 3.27. The van der Waals surface area contributed by atoms with E-state index in [9.17, 15) is 4.79 Å².